The van der Waals surface area contributed by atoms with Crippen LogP contribution in [-0.2, 0) is 23.1 Å². The summed E-state index contributed by atoms with van der Waals surface area (Å²) >= 11 is 0. The fourth-order valence-electron chi connectivity index (χ4n) is 6.62. The maximum atomic E-state index is 13.8. The number of primary amides is 2. The van der Waals surface area contributed by atoms with E-state index < -0.39 is 29.1 Å². The highest BCUT2D eigenvalue weighted by atomic mass is 19.1. The van der Waals surface area contributed by atoms with Crippen LogP contribution in [-0.4, -0.2) is 53.6 Å². The number of hydrogen-bond acceptors (Lipinski definition) is 6. The Labute approximate surface area is 261 Å². The molecule has 5 rings (SSSR count). The summed E-state index contributed by atoms with van der Waals surface area (Å²) < 4.78 is 13.8. The van der Waals surface area contributed by atoms with Crippen molar-refractivity contribution in [1.82, 2.24) is 10.2 Å². The molecule has 1 unspecified atom stereocenters. The van der Waals surface area contributed by atoms with Gasteiger partial charge >= 0.3 is 0 Å². The van der Waals surface area contributed by atoms with Gasteiger partial charge in [0, 0.05) is 29.4 Å². The standard InChI is InChI=1S/C34H36FN7O3/c1-20(40-19-30(43)42-14-2-3-27(42)18-36)17-34(33(39)41-26-10-8-25(35)9-11-26)28-12-6-23(31(37)44)15-21(28)4-5-22-16-24(32(38)45)7-13-29(22)34/h6-13,15-16,20,27,40H,2-5,14,17,19H2,1H3,(H2,37,44)(H2,38,45)(H2,39,41)/t20-,27?/m1/s1. The van der Waals surface area contributed by atoms with Gasteiger partial charge in [-0.2, -0.15) is 5.26 Å². The number of nitrogens with two attached hydrogens (primary N) is 2. The lowest BCUT2D eigenvalue weighted by atomic mass is 9.67. The fraction of sp³-hybridized carbons (Fsp3) is 0.324. The van der Waals surface area contributed by atoms with E-state index in [1.807, 2.05) is 19.1 Å². The summed E-state index contributed by atoms with van der Waals surface area (Å²) in [7, 11) is 0. The molecule has 1 aliphatic heterocycles. The Morgan fingerprint density at radius 2 is 1.60 bits per heavy atom. The van der Waals surface area contributed by atoms with Crippen LogP contribution in [0.15, 0.2) is 60.7 Å². The molecule has 1 aliphatic carbocycles. The molecule has 1 fully saturated rings. The number of carbonyl (C=O) groups excluding carboxylic acids is 3. The second-order valence-corrected chi connectivity index (χ2v) is 11.7. The van der Waals surface area contributed by atoms with Crippen molar-refractivity contribution in [3.8, 4) is 6.07 Å². The number of nitrogens with zero attached hydrogens (tertiary/aromatic N) is 2. The lowest BCUT2D eigenvalue weighted by Crippen LogP contribution is -2.48. The van der Waals surface area contributed by atoms with Gasteiger partial charge in [0.1, 0.15) is 17.7 Å². The second kappa shape index (κ2) is 12.9. The van der Waals surface area contributed by atoms with Crippen molar-refractivity contribution >= 4 is 29.2 Å². The van der Waals surface area contributed by atoms with E-state index in [-0.39, 0.29) is 24.3 Å². The Kier molecular flexibility index (Phi) is 8.97. The number of aryl methyl sites for hydroxylation is 2. The lowest BCUT2D eigenvalue weighted by Gasteiger charge is -2.39. The van der Waals surface area contributed by atoms with E-state index in [2.05, 4.69) is 16.7 Å². The van der Waals surface area contributed by atoms with Crippen molar-refractivity contribution < 1.29 is 18.8 Å². The van der Waals surface area contributed by atoms with Gasteiger partial charge < -0.3 is 27.0 Å². The number of carbonyl (C=O) groups is 3. The minimum absolute atomic E-state index is 0.00902. The van der Waals surface area contributed by atoms with Crippen molar-refractivity contribution in [2.75, 3.05) is 18.4 Å². The van der Waals surface area contributed by atoms with Crippen LogP contribution in [0.25, 0.3) is 0 Å². The molecule has 0 aromatic heterocycles. The van der Waals surface area contributed by atoms with Crippen molar-refractivity contribution in [3.63, 3.8) is 0 Å². The van der Waals surface area contributed by atoms with Crippen molar-refractivity contribution in [2.45, 2.75) is 56.5 Å². The average molecular weight is 610 g/mol. The number of nitriles is 1. The SMILES string of the molecule is C[C@H](CC1(C(=N)Nc2ccc(F)cc2)c2ccc(C(N)=O)cc2CCc2cc(C(N)=O)ccc21)NCC(=O)N1CCCC1C#N. The predicted molar refractivity (Wildman–Crippen MR) is 168 cm³/mol. The quantitative estimate of drug-likeness (QED) is 0.183. The summed E-state index contributed by atoms with van der Waals surface area (Å²) in [4.78, 5) is 39.0. The van der Waals surface area contributed by atoms with Gasteiger partial charge in [0.05, 0.1) is 18.0 Å². The summed E-state index contributed by atoms with van der Waals surface area (Å²) in [5.41, 5.74) is 14.4. The minimum Gasteiger partial charge on any atom is -0.366 e. The molecule has 1 heterocycles. The van der Waals surface area contributed by atoms with Crippen LogP contribution >= 0.6 is 0 Å². The van der Waals surface area contributed by atoms with Crippen molar-refractivity contribution in [3.05, 3.63) is 99.9 Å². The molecule has 0 radical (unpaired) electrons. The van der Waals surface area contributed by atoms with Crippen LogP contribution in [0, 0.1) is 22.6 Å². The molecule has 3 aromatic carbocycles. The molecule has 2 atom stereocenters. The van der Waals surface area contributed by atoms with Crippen molar-refractivity contribution in [1.29, 1.82) is 10.7 Å². The molecule has 0 saturated carbocycles. The summed E-state index contributed by atoms with van der Waals surface area (Å²) in [6.45, 7) is 2.47. The number of rotatable bonds is 9. The van der Waals surface area contributed by atoms with Gasteiger partial charge in [-0.25, -0.2) is 4.39 Å². The highest BCUT2D eigenvalue weighted by Crippen LogP contribution is 2.45. The molecule has 3 amide bonds. The van der Waals surface area contributed by atoms with Gasteiger partial charge in [-0.05, 0) is 110 Å². The van der Waals surface area contributed by atoms with Crippen LogP contribution in [0.5, 0.6) is 0 Å². The first-order valence-electron chi connectivity index (χ1n) is 14.9. The van der Waals surface area contributed by atoms with E-state index in [1.54, 1.807) is 41.3 Å². The first kappa shape index (κ1) is 31.3. The number of amidine groups is 1. The monoisotopic (exact) mass is 609 g/mol. The normalized spacial score (nSPS) is 17.3. The number of halogens is 1. The third-order valence-electron chi connectivity index (χ3n) is 8.84. The molecule has 11 heteroatoms. The van der Waals surface area contributed by atoms with Crippen molar-refractivity contribution in [2.24, 2.45) is 11.5 Å². The van der Waals surface area contributed by atoms with Crippen LogP contribution in [0.2, 0.25) is 0 Å². The van der Waals surface area contributed by atoms with Crippen LogP contribution in [0.4, 0.5) is 10.1 Å². The van der Waals surface area contributed by atoms with Crippen LogP contribution < -0.4 is 22.1 Å². The molecule has 1 saturated heterocycles. The second-order valence-electron chi connectivity index (χ2n) is 11.7. The summed E-state index contributed by atoms with van der Waals surface area (Å²) in [5, 5.41) is 25.6. The molecular weight excluding hydrogens is 573 g/mol. The Bertz CT molecular complexity index is 1630. The number of hydrogen-bond donors (Lipinski definition) is 5. The van der Waals surface area contributed by atoms with Gasteiger partial charge in [-0.15, -0.1) is 0 Å². The van der Waals surface area contributed by atoms with E-state index in [1.165, 1.54) is 12.1 Å². The maximum Gasteiger partial charge on any atom is 0.248 e. The Morgan fingerprint density at radius 3 is 2.13 bits per heavy atom. The molecule has 10 nitrogen and oxygen atoms in total. The predicted octanol–water partition coefficient (Wildman–Crippen LogP) is 3.38. The summed E-state index contributed by atoms with van der Waals surface area (Å²) in [6.07, 6.45) is 2.73. The maximum absolute atomic E-state index is 13.8. The van der Waals surface area contributed by atoms with E-state index in [9.17, 15) is 29.4 Å². The molecule has 0 spiro atoms. The van der Waals surface area contributed by atoms with Gasteiger partial charge in [0.2, 0.25) is 17.7 Å². The Balaban J connectivity index is 1.61. The first-order chi connectivity index (χ1) is 21.5. The Hall–Kier alpha value is -5.08. The van der Waals surface area contributed by atoms with E-state index in [4.69, 9.17) is 11.5 Å². The molecule has 45 heavy (non-hydrogen) atoms. The molecule has 232 valence electrons. The van der Waals surface area contributed by atoms with E-state index in [0.29, 0.717) is 49.0 Å². The van der Waals surface area contributed by atoms with E-state index in [0.717, 1.165) is 28.7 Å². The summed E-state index contributed by atoms with van der Waals surface area (Å²) in [5.74, 6) is -1.65. The molecule has 7 N–H and O–H groups in total. The van der Waals surface area contributed by atoms with Gasteiger partial charge in [0.15, 0.2) is 0 Å². The molecule has 3 aromatic rings. The number of likely N-dealkylation sites (tertiary alicyclic amines) is 1. The highest BCUT2D eigenvalue weighted by Gasteiger charge is 2.45. The number of fused-ring (bicyclic) bond motifs is 2. The number of amides is 3. The van der Waals surface area contributed by atoms with Gasteiger partial charge in [0.25, 0.3) is 0 Å². The van der Waals surface area contributed by atoms with Crippen LogP contribution in [0.1, 0.15) is 69.2 Å². The minimum atomic E-state index is -1.17. The zero-order valence-electron chi connectivity index (χ0n) is 25.0. The summed E-state index contributed by atoms with van der Waals surface area (Å²) in [6, 6.07) is 17.5. The molecule has 0 bridgehead atoms. The topological polar surface area (TPSA) is 178 Å². The Morgan fingerprint density at radius 1 is 1.02 bits per heavy atom. The van der Waals surface area contributed by atoms with Crippen LogP contribution in [0.3, 0.4) is 0 Å². The molecular formula is C34H36FN7O3. The number of anilines is 1. The highest BCUT2D eigenvalue weighted by molar-refractivity contribution is 6.05. The first-order valence-corrected chi connectivity index (χ1v) is 14.9. The van der Waals surface area contributed by atoms with Gasteiger partial charge in [-0.1, -0.05) is 12.1 Å². The average Bonchev–Trinajstić information content (AvgIpc) is 3.46. The lowest BCUT2D eigenvalue weighted by molar-refractivity contribution is -0.130. The number of benzene rings is 3. The largest absolute Gasteiger partial charge is 0.366 e. The van der Waals surface area contributed by atoms with E-state index >= 15 is 0 Å². The third kappa shape index (κ3) is 6.28. The fourth-order valence-corrected chi connectivity index (χ4v) is 6.62. The van der Waals surface area contributed by atoms with Gasteiger partial charge in [-0.3, -0.25) is 19.8 Å². The zero-order chi connectivity index (χ0) is 32.3. The third-order valence-corrected chi connectivity index (χ3v) is 8.84. The molecule has 2 aliphatic rings. The zero-order valence-corrected chi connectivity index (χ0v) is 25.0. The number of nitrogens with one attached hydrogen (secondary N) is 3. The smallest absolute Gasteiger partial charge is 0.248 e.